The zero-order valence-electron chi connectivity index (χ0n) is 18.9. The second-order valence-corrected chi connectivity index (χ2v) is 8.30. The third-order valence-electron chi connectivity index (χ3n) is 6.38. The number of hydrogen-bond acceptors (Lipinski definition) is 4. The predicted octanol–water partition coefficient (Wildman–Crippen LogP) is 3.87. The van der Waals surface area contributed by atoms with Gasteiger partial charge in [0, 0.05) is 13.0 Å². The highest BCUT2D eigenvalue weighted by Gasteiger charge is 2.34. The Morgan fingerprint density at radius 1 is 1.03 bits per heavy atom. The smallest absolute Gasteiger partial charge is 0.407 e. The molecule has 170 valence electrons. The minimum atomic E-state index is -1.11. The van der Waals surface area contributed by atoms with Crippen LogP contribution in [0.15, 0.2) is 48.5 Å². The van der Waals surface area contributed by atoms with E-state index in [-0.39, 0.29) is 18.4 Å². The number of benzene rings is 2. The summed E-state index contributed by atoms with van der Waals surface area (Å²) >= 11 is 0. The van der Waals surface area contributed by atoms with Gasteiger partial charge in [-0.25, -0.2) is 9.59 Å². The molecule has 2 aromatic rings. The van der Waals surface area contributed by atoms with Crippen LogP contribution >= 0.6 is 0 Å². The number of carbonyl (C=O) groups excluding carboxylic acids is 2. The van der Waals surface area contributed by atoms with Crippen molar-refractivity contribution in [2.45, 2.75) is 45.2 Å². The average Bonchev–Trinajstić information content (AvgIpc) is 3.13. The number of ether oxygens (including phenoxy) is 1. The maximum Gasteiger partial charge on any atom is 0.407 e. The fourth-order valence-electron chi connectivity index (χ4n) is 4.03. The van der Waals surface area contributed by atoms with Crippen molar-refractivity contribution in [1.29, 1.82) is 0 Å². The van der Waals surface area contributed by atoms with Gasteiger partial charge in [0.25, 0.3) is 0 Å². The Bertz CT molecular complexity index is 960. The van der Waals surface area contributed by atoms with Crippen molar-refractivity contribution in [3.8, 4) is 11.1 Å². The monoisotopic (exact) mass is 438 g/mol. The Kier molecular flexibility index (Phi) is 7.18. The van der Waals surface area contributed by atoms with Crippen molar-refractivity contribution in [2.24, 2.45) is 5.92 Å². The van der Waals surface area contributed by atoms with Crippen LogP contribution in [0.25, 0.3) is 11.1 Å². The van der Waals surface area contributed by atoms with Crippen molar-refractivity contribution in [1.82, 2.24) is 10.2 Å². The quantitative estimate of drug-likeness (QED) is 0.652. The van der Waals surface area contributed by atoms with Gasteiger partial charge in [-0.1, -0.05) is 68.8 Å². The van der Waals surface area contributed by atoms with Crippen molar-refractivity contribution >= 4 is 18.0 Å². The number of carbonyl (C=O) groups is 3. The number of alkyl carbamates (subject to hydrolysis) is 1. The molecule has 7 nitrogen and oxygen atoms in total. The Morgan fingerprint density at radius 3 is 2.06 bits per heavy atom. The maximum absolute atomic E-state index is 12.9. The Balaban J connectivity index is 1.71. The minimum absolute atomic E-state index is 0.0828. The van der Waals surface area contributed by atoms with Crippen LogP contribution in [0.5, 0.6) is 0 Å². The molecule has 3 unspecified atom stereocenters. The molecule has 0 saturated carbocycles. The molecule has 2 N–H and O–H groups in total. The van der Waals surface area contributed by atoms with E-state index in [1.807, 2.05) is 50.2 Å². The summed E-state index contributed by atoms with van der Waals surface area (Å²) in [5.41, 5.74) is 4.47. The van der Waals surface area contributed by atoms with Gasteiger partial charge in [0.2, 0.25) is 5.91 Å². The van der Waals surface area contributed by atoms with Crippen LogP contribution in [0.4, 0.5) is 4.79 Å². The van der Waals surface area contributed by atoms with Crippen LogP contribution in [-0.2, 0) is 14.3 Å². The molecule has 7 heteroatoms. The van der Waals surface area contributed by atoms with E-state index in [9.17, 15) is 19.5 Å². The third kappa shape index (κ3) is 4.61. The summed E-state index contributed by atoms with van der Waals surface area (Å²) in [6.45, 7) is 5.32. The summed E-state index contributed by atoms with van der Waals surface area (Å²) in [6.07, 6.45) is -0.0584. The van der Waals surface area contributed by atoms with Crippen LogP contribution in [0, 0.1) is 5.92 Å². The normalized spacial score (nSPS) is 15.1. The van der Waals surface area contributed by atoms with E-state index in [2.05, 4.69) is 17.4 Å². The lowest BCUT2D eigenvalue weighted by Gasteiger charge is -2.30. The van der Waals surface area contributed by atoms with E-state index in [4.69, 9.17) is 4.74 Å². The van der Waals surface area contributed by atoms with Crippen molar-refractivity contribution in [3.63, 3.8) is 0 Å². The predicted molar refractivity (Wildman–Crippen MR) is 121 cm³/mol. The number of rotatable bonds is 8. The third-order valence-corrected chi connectivity index (χ3v) is 6.38. The van der Waals surface area contributed by atoms with E-state index < -0.39 is 30.1 Å². The van der Waals surface area contributed by atoms with Gasteiger partial charge in [-0.05, 0) is 35.1 Å². The molecule has 3 rings (SSSR count). The van der Waals surface area contributed by atoms with Gasteiger partial charge in [-0.15, -0.1) is 0 Å². The summed E-state index contributed by atoms with van der Waals surface area (Å²) in [4.78, 5) is 38.0. The molecule has 0 heterocycles. The molecule has 0 aromatic heterocycles. The molecule has 2 amide bonds. The van der Waals surface area contributed by atoms with Gasteiger partial charge in [-0.3, -0.25) is 4.79 Å². The Hall–Kier alpha value is -3.35. The second-order valence-electron chi connectivity index (χ2n) is 8.30. The molecule has 1 aliphatic carbocycles. The molecule has 3 atom stereocenters. The number of hydrogen-bond donors (Lipinski definition) is 2. The van der Waals surface area contributed by atoms with E-state index >= 15 is 0 Å². The van der Waals surface area contributed by atoms with Crippen molar-refractivity contribution in [3.05, 3.63) is 59.7 Å². The van der Waals surface area contributed by atoms with Gasteiger partial charge >= 0.3 is 12.1 Å². The largest absolute Gasteiger partial charge is 0.480 e. The van der Waals surface area contributed by atoms with Crippen LogP contribution in [0.3, 0.4) is 0 Å². The molecule has 0 spiro atoms. The van der Waals surface area contributed by atoms with Crippen molar-refractivity contribution < 1.29 is 24.2 Å². The molecule has 2 aromatic carbocycles. The van der Waals surface area contributed by atoms with Crippen molar-refractivity contribution in [2.75, 3.05) is 13.7 Å². The molecule has 0 aliphatic heterocycles. The fourth-order valence-corrected chi connectivity index (χ4v) is 4.03. The minimum Gasteiger partial charge on any atom is -0.480 e. The summed E-state index contributed by atoms with van der Waals surface area (Å²) < 4.78 is 5.57. The van der Waals surface area contributed by atoms with Gasteiger partial charge in [0.05, 0.1) is 0 Å². The fraction of sp³-hybridized carbons (Fsp3) is 0.400. The first-order valence-corrected chi connectivity index (χ1v) is 10.9. The van der Waals surface area contributed by atoms with E-state index in [0.29, 0.717) is 6.42 Å². The molecule has 0 bridgehead atoms. The van der Waals surface area contributed by atoms with E-state index in [1.54, 1.807) is 0 Å². The number of nitrogens with zero attached hydrogens (tertiary/aromatic N) is 1. The first kappa shape index (κ1) is 23.3. The topological polar surface area (TPSA) is 95.9 Å². The zero-order valence-corrected chi connectivity index (χ0v) is 18.9. The lowest BCUT2D eigenvalue weighted by atomic mass is 9.97. The lowest BCUT2D eigenvalue weighted by Crippen LogP contribution is -2.54. The summed E-state index contributed by atoms with van der Waals surface area (Å²) in [5.74, 6) is -1.83. The number of nitrogens with one attached hydrogen (secondary N) is 1. The number of aliphatic carboxylic acids is 1. The SMILES string of the molecule is CCC(C)C(NC(=O)OCC1c2ccccc2-c2ccccc21)C(=O)N(C)C(C)C(=O)O. The Labute approximate surface area is 188 Å². The van der Waals surface area contributed by atoms with Gasteiger partial charge in [0.15, 0.2) is 0 Å². The number of likely N-dealkylation sites (N-methyl/N-ethyl adjacent to an activating group) is 1. The van der Waals surface area contributed by atoms with Gasteiger partial charge in [0.1, 0.15) is 18.7 Å². The standard InChI is InChI=1S/C25H30N2O5/c1-5-15(2)22(23(28)27(4)16(3)24(29)30)26-25(31)32-14-21-19-12-8-6-10-17(19)18-11-7-9-13-20(18)21/h6-13,15-16,21-22H,5,14H2,1-4H3,(H,26,31)(H,29,30). The number of carboxylic acid groups (broad SMARTS) is 1. The summed E-state index contributed by atoms with van der Waals surface area (Å²) in [7, 11) is 1.43. The maximum atomic E-state index is 12.9. The first-order valence-electron chi connectivity index (χ1n) is 10.9. The average molecular weight is 439 g/mol. The number of carboxylic acids is 1. The molecule has 1 aliphatic rings. The second kappa shape index (κ2) is 9.85. The highest BCUT2D eigenvalue weighted by atomic mass is 16.5. The van der Waals surface area contributed by atoms with E-state index in [0.717, 1.165) is 27.2 Å². The highest BCUT2D eigenvalue weighted by molar-refractivity contribution is 5.89. The highest BCUT2D eigenvalue weighted by Crippen LogP contribution is 2.44. The molecule has 0 fully saturated rings. The Morgan fingerprint density at radius 2 is 1.56 bits per heavy atom. The zero-order chi connectivity index (χ0) is 23.4. The van der Waals surface area contributed by atoms with E-state index in [1.165, 1.54) is 14.0 Å². The summed E-state index contributed by atoms with van der Waals surface area (Å²) in [5, 5.41) is 11.9. The molecular formula is C25H30N2O5. The first-order chi connectivity index (χ1) is 15.3. The van der Waals surface area contributed by atoms with Gasteiger partial charge in [-0.2, -0.15) is 0 Å². The molecule has 0 radical (unpaired) electrons. The van der Waals surface area contributed by atoms with Gasteiger partial charge < -0.3 is 20.1 Å². The molecule has 0 saturated heterocycles. The van der Waals surface area contributed by atoms with Crippen LogP contribution in [0.1, 0.15) is 44.2 Å². The lowest BCUT2D eigenvalue weighted by molar-refractivity contribution is -0.149. The number of amides is 2. The molecular weight excluding hydrogens is 408 g/mol. The van der Waals surface area contributed by atoms with Crippen LogP contribution in [0.2, 0.25) is 0 Å². The van der Waals surface area contributed by atoms with Crippen LogP contribution in [-0.4, -0.2) is 53.7 Å². The van der Waals surface area contributed by atoms with Crippen LogP contribution < -0.4 is 5.32 Å². The summed E-state index contributed by atoms with van der Waals surface area (Å²) in [6, 6.07) is 14.2. The molecule has 32 heavy (non-hydrogen) atoms. The number of fused-ring (bicyclic) bond motifs is 3.